The number of rotatable bonds is 7. The summed E-state index contributed by atoms with van der Waals surface area (Å²) in [6.45, 7) is 0. The Morgan fingerprint density at radius 1 is 0.893 bits per heavy atom. The highest BCUT2D eigenvalue weighted by Crippen LogP contribution is 2.24. The predicted octanol–water partition coefficient (Wildman–Crippen LogP) is 4.19. The summed E-state index contributed by atoms with van der Waals surface area (Å²) in [5.74, 6) is 0.620. The Bertz CT molecular complexity index is 920. The Labute approximate surface area is 164 Å². The summed E-state index contributed by atoms with van der Waals surface area (Å²) in [5, 5.41) is 6.85. The maximum atomic E-state index is 12.9. The minimum Gasteiger partial charge on any atom is -0.497 e. The Morgan fingerprint density at radius 3 is 2.14 bits per heavy atom. The molecule has 0 aromatic heterocycles. The molecule has 3 aromatic rings. The van der Waals surface area contributed by atoms with E-state index in [1.165, 1.54) is 7.11 Å². The van der Waals surface area contributed by atoms with Gasteiger partial charge in [-0.05, 0) is 41.0 Å². The van der Waals surface area contributed by atoms with Gasteiger partial charge >= 0.3 is 0 Å². The first-order chi connectivity index (χ1) is 13.7. The Morgan fingerprint density at radius 2 is 1.54 bits per heavy atom. The van der Waals surface area contributed by atoms with Crippen molar-refractivity contribution in [2.45, 2.75) is 6.04 Å². The van der Waals surface area contributed by atoms with Gasteiger partial charge in [0, 0.05) is 5.56 Å². The van der Waals surface area contributed by atoms with Gasteiger partial charge in [-0.1, -0.05) is 59.8 Å². The third-order valence-corrected chi connectivity index (χ3v) is 4.34. The lowest BCUT2D eigenvalue weighted by molar-refractivity contribution is 0.0943. The van der Waals surface area contributed by atoms with Gasteiger partial charge in [0.25, 0.3) is 5.91 Å². The van der Waals surface area contributed by atoms with Crippen molar-refractivity contribution in [3.05, 3.63) is 101 Å². The van der Waals surface area contributed by atoms with Crippen molar-refractivity contribution >= 4 is 12.1 Å². The molecule has 1 N–H and O–H groups in total. The Kier molecular flexibility index (Phi) is 6.41. The number of carbonyl (C=O) groups is 1. The summed E-state index contributed by atoms with van der Waals surface area (Å²) in [4.78, 5) is 17.5. The summed E-state index contributed by atoms with van der Waals surface area (Å²) in [5.41, 5.74) is 3.41. The average Bonchev–Trinajstić information content (AvgIpc) is 2.77. The standard InChI is InChI=1S/C23H22N2O3/c1-27-21-14-12-19(13-15-21)22(18-6-4-3-5-7-18)25-23(26)20-10-8-17(9-11-20)16-24-28-2/h3-16,22H,1-2H3,(H,25,26)/b24-16+. The molecule has 0 aliphatic rings. The third-order valence-electron chi connectivity index (χ3n) is 4.34. The van der Waals surface area contributed by atoms with Crippen molar-refractivity contribution < 1.29 is 14.4 Å². The molecule has 0 bridgehead atoms. The van der Waals surface area contributed by atoms with Gasteiger partial charge in [-0.3, -0.25) is 4.79 Å². The van der Waals surface area contributed by atoms with Gasteiger partial charge in [0.2, 0.25) is 0 Å². The van der Waals surface area contributed by atoms with Crippen LogP contribution in [0.25, 0.3) is 0 Å². The zero-order valence-electron chi connectivity index (χ0n) is 15.8. The van der Waals surface area contributed by atoms with Crippen LogP contribution in [0.5, 0.6) is 5.75 Å². The van der Waals surface area contributed by atoms with Crippen LogP contribution in [0.15, 0.2) is 84.0 Å². The number of oxime groups is 1. The summed E-state index contributed by atoms with van der Waals surface area (Å²) in [7, 11) is 3.12. The fourth-order valence-corrected chi connectivity index (χ4v) is 2.85. The highest BCUT2D eigenvalue weighted by molar-refractivity contribution is 5.95. The largest absolute Gasteiger partial charge is 0.497 e. The smallest absolute Gasteiger partial charge is 0.252 e. The quantitative estimate of drug-likeness (QED) is 0.498. The molecule has 1 unspecified atom stereocenters. The minimum atomic E-state index is -0.269. The molecule has 0 saturated carbocycles. The number of ether oxygens (including phenoxy) is 1. The number of hydrogen-bond donors (Lipinski definition) is 1. The van der Waals surface area contributed by atoms with Crippen LogP contribution in [0, 0.1) is 0 Å². The van der Waals surface area contributed by atoms with E-state index in [9.17, 15) is 4.79 Å². The number of nitrogens with zero attached hydrogens (tertiary/aromatic N) is 1. The number of nitrogens with one attached hydrogen (secondary N) is 1. The monoisotopic (exact) mass is 374 g/mol. The number of hydrogen-bond acceptors (Lipinski definition) is 4. The van der Waals surface area contributed by atoms with Crippen molar-refractivity contribution in [1.82, 2.24) is 5.32 Å². The molecule has 0 saturated heterocycles. The van der Waals surface area contributed by atoms with E-state index in [1.54, 1.807) is 25.5 Å². The van der Waals surface area contributed by atoms with Crippen LogP contribution in [0.3, 0.4) is 0 Å². The van der Waals surface area contributed by atoms with Crippen LogP contribution in [0.4, 0.5) is 0 Å². The molecule has 0 radical (unpaired) electrons. The van der Waals surface area contributed by atoms with Crippen LogP contribution in [0.1, 0.15) is 33.1 Å². The molecule has 28 heavy (non-hydrogen) atoms. The summed E-state index contributed by atoms with van der Waals surface area (Å²) in [6, 6.07) is 24.5. The van der Waals surface area contributed by atoms with Crippen LogP contribution in [0.2, 0.25) is 0 Å². The molecule has 0 aliphatic heterocycles. The maximum Gasteiger partial charge on any atom is 0.252 e. The lowest BCUT2D eigenvalue weighted by atomic mass is 9.98. The molecule has 5 heteroatoms. The van der Waals surface area contributed by atoms with Gasteiger partial charge < -0.3 is 14.9 Å². The van der Waals surface area contributed by atoms with Crippen molar-refractivity contribution in [3.8, 4) is 5.75 Å². The third kappa shape index (κ3) is 4.76. The zero-order valence-corrected chi connectivity index (χ0v) is 15.8. The van der Waals surface area contributed by atoms with Gasteiger partial charge in [0.15, 0.2) is 0 Å². The first kappa shape index (κ1) is 19.2. The molecular formula is C23H22N2O3. The van der Waals surface area contributed by atoms with E-state index >= 15 is 0 Å². The van der Waals surface area contributed by atoms with E-state index in [0.29, 0.717) is 5.56 Å². The SMILES string of the molecule is CO/N=C/c1ccc(C(=O)NC(c2ccccc2)c2ccc(OC)cc2)cc1. The molecule has 0 spiro atoms. The molecule has 1 amide bonds. The molecule has 3 aromatic carbocycles. The zero-order chi connectivity index (χ0) is 19.8. The fraction of sp³-hybridized carbons (Fsp3) is 0.130. The lowest BCUT2D eigenvalue weighted by Gasteiger charge is -2.20. The molecule has 1 atom stereocenters. The van der Waals surface area contributed by atoms with E-state index in [0.717, 1.165) is 22.4 Å². The van der Waals surface area contributed by atoms with Crippen LogP contribution in [-0.4, -0.2) is 26.3 Å². The van der Waals surface area contributed by atoms with Gasteiger partial charge in [-0.15, -0.1) is 0 Å². The van der Waals surface area contributed by atoms with E-state index in [4.69, 9.17) is 4.74 Å². The Hall–Kier alpha value is -3.60. The van der Waals surface area contributed by atoms with Crippen LogP contribution in [-0.2, 0) is 4.84 Å². The van der Waals surface area contributed by atoms with Gasteiger partial charge in [0.05, 0.1) is 19.4 Å². The van der Waals surface area contributed by atoms with E-state index in [1.807, 2.05) is 66.7 Å². The first-order valence-electron chi connectivity index (χ1n) is 8.87. The number of amides is 1. The second-order valence-electron chi connectivity index (χ2n) is 6.13. The predicted molar refractivity (Wildman–Crippen MR) is 110 cm³/mol. The molecule has 5 nitrogen and oxygen atoms in total. The van der Waals surface area contributed by atoms with Gasteiger partial charge in [-0.2, -0.15) is 0 Å². The number of benzene rings is 3. The highest BCUT2D eigenvalue weighted by Gasteiger charge is 2.18. The van der Waals surface area contributed by atoms with E-state index in [2.05, 4.69) is 15.3 Å². The Balaban J connectivity index is 1.84. The lowest BCUT2D eigenvalue weighted by Crippen LogP contribution is -2.29. The molecule has 142 valence electrons. The van der Waals surface area contributed by atoms with E-state index in [-0.39, 0.29) is 11.9 Å². The van der Waals surface area contributed by atoms with E-state index < -0.39 is 0 Å². The summed E-state index contributed by atoms with van der Waals surface area (Å²) < 4.78 is 5.24. The van der Waals surface area contributed by atoms with Gasteiger partial charge in [-0.25, -0.2) is 0 Å². The first-order valence-corrected chi connectivity index (χ1v) is 8.87. The number of carbonyl (C=O) groups excluding carboxylic acids is 1. The van der Waals surface area contributed by atoms with Crippen molar-refractivity contribution in [1.29, 1.82) is 0 Å². The summed E-state index contributed by atoms with van der Waals surface area (Å²) in [6.07, 6.45) is 1.59. The topological polar surface area (TPSA) is 59.9 Å². The van der Waals surface area contributed by atoms with Crippen LogP contribution < -0.4 is 10.1 Å². The molecular weight excluding hydrogens is 352 g/mol. The van der Waals surface area contributed by atoms with Crippen molar-refractivity contribution in [2.24, 2.45) is 5.16 Å². The van der Waals surface area contributed by atoms with Crippen molar-refractivity contribution in [2.75, 3.05) is 14.2 Å². The van der Waals surface area contributed by atoms with Gasteiger partial charge in [0.1, 0.15) is 12.9 Å². The normalized spacial score (nSPS) is 11.8. The molecule has 3 rings (SSSR count). The average molecular weight is 374 g/mol. The minimum absolute atomic E-state index is 0.153. The second kappa shape index (κ2) is 9.37. The molecule has 0 fully saturated rings. The number of methoxy groups -OCH3 is 1. The second-order valence-corrected chi connectivity index (χ2v) is 6.13. The molecule has 0 aliphatic carbocycles. The highest BCUT2D eigenvalue weighted by atomic mass is 16.6. The van der Waals surface area contributed by atoms with Crippen molar-refractivity contribution in [3.63, 3.8) is 0 Å². The van der Waals surface area contributed by atoms with Crippen LogP contribution >= 0.6 is 0 Å². The molecule has 0 heterocycles. The fourth-order valence-electron chi connectivity index (χ4n) is 2.85. The summed E-state index contributed by atoms with van der Waals surface area (Å²) >= 11 is 0. The maximum absolute atomic E-state index is 12.9.